The molecule has 0 spiro atoms. The lowest BCUT2D eigenvalue weighted by atomic mass is 9.95. The van der Waals surface area contributed by atoms with Crippen molar-refractivity contribution in [2.24, 2.45) is 7.05 Å². The van der Waals surface area contributed by atoms with Gasteiger partial charge in [0.2, 0.25) is 0 Å². The molecular formula is C24H25FN4O3. The van der Waals surface area contributed by atoms with E-state index in [1.165, 1.54) is 0 Å². The molecule has 166 valence electrons. The summed E-state index contributed by atoms with van der Waals surface area (Å²) in [6.07, 6.45) is 3.99. The standard InChI is InChI=1S/C24H25FN4O3/c1-24(25)6-9-28(10-7-24)22(30)17-14-20-21(26-15-17)29(11-12-32-20)18-3-4-19-16(13-18)5-8-27(2)23(19)31/h3-5,8,13-15H,6-7,9-12H2,1-2H3. The van der Waals surface area contributed by atoms with Crippen LogP contribution >= 0.6 is 0 Å². The SMILES string of the molecule is Cn1ccc2cc(N3CCOc4cc(C(=O)N5CCC(C)(F)CC5)cnc43)ccc2c1=O. The second kappa shape index (κ2) is 7.62. The average Bonchev–Trinajstić information content (AvgIpc) is 2.80. The zero-order valence-electron chi connectivity index (χ0n) is 18.2. The van der Waals surface area contributed by atoms with Crippen LogP contribution in [0.4, 0.5) is 15.9 Å². The molecule has 1 amide bonds. The number of amides is 1. The number of anilines is 2. The molecule has 0 saturated carbocycles. The largest absolute Gasteiger partial charge is 0.488 e. The van der Waals surface area contributed by atoms with E-state index in [9.17, 15) is 14.0 Å². The normalized spacial score (nSPS) is 17.7. The third kappa shape index (κ3) is 3.59. The molecule has 0 N–H and O–H groups in total. The van der Waals surface area contributed by atoms with Gasteiger partial charge in [0.25, 0.3) is 11.5 Å². The van der Waals surface area contributed by atoms with Gasteiger partial charge < -0.3 is 19.1 Å². The summed E-state index contributed by atoms with van der Waals surface area (Å²) in [6, 6.07) is 9.33. The van der Waals surface area contributed by atoms with Crippen molar-refractivity contribution in [3.8, 4) is 5.75 Å². The van der Waals surface area contributed by atoms with Gasteiger partial charge in [-0.1, -0.05) is 0 Å². The maximum atomic E-state index is 14.1. The van der Waals surface area contributed by atoms with Crippen molar-refractivity contribution in [2.45, 2.75) is 25.4 Å². The van der Waals surface area contributed by atoms with Crippen molar-refractivity contribution in [3.63, 3.8) is 0 Å². The Balaban J connectivity index is 1.43. The topological polar surface area (TPSA) is 67.7 Å². The number of aryl methyl sites for hydroxylation is 1. The van der Waals surface area contributed by atoms with E-state index in [-0.39, 0.29) is 11.5 Å². The highest BCUT2D eigenvalue weighted by Gasteiger charge is 2.32. The number of hydrogen-bond acceptors (Lipinski definition) is 5. The number of carbonyl (C=O) groups is 1. The van der Waals surface area contributed by atoms with E-state index in [1.807, 2.05) is 29.2 Å². The summed E-state index contributed by atoms with van der Waals surface area (Å²) in [5, 5.41) is 1.52. The molecule has 32 heavy (non-hydrogen) atoms. The fraction of sp³-hybridized carbons (Fsp3) is 0.375. The van der Waals surface area contributed by atoms with Gasteiger partial charge in [-0.2, -0.15) is 0 Å². The van der Waals surface area contributed by atoms with Crippen LogP contribution in [0.2, 0.25) is 0 Å². The number of ether oxygens (including phenoxy) is 1. The maximum absolute atomic E-state index is 14.1. The lowest BCUT2D eigenvalue weighted by Crippen LogP contribution is -2.43. The summed E-state index contributed by atoms with van der Waals surface area (Å²) >= 11 is 0. The van der Waals surface area contributed by atoms with E-state index < -0.39 is 5.67 Å². The fourth-order valence-electron chi connectivity index (χ4n) is 4.33. The van der Waals surface area contributed by atoms with Crippen LogP contribution in [0.3, 0.4) is 0 Å². The summed E-state index contributed by atoms with van der Waals surface area (Å²) in [5.41, 5.74) is 0.0946. The maximum Gasteiger partial charge on any atom is 0.258 e. The Labute approximate surface area is 185 Å². The van der Waals surface area contributed by atoms with Crippen LogP contribution < -0.4 is 15.2 Å². The van der Waals surface area contributed by atoms with Crippen LogP contribution in [0.15, 0.2) is 47.5 Å². The van der Waals surface area contributed by atoms with Gasteiger partial charge in [0.05, 0.1) is 12.1 Å². The van der Waals surface area contributed by atoms with Gasteiger partial charge in [0, 0.05) is 43.6 Å². The zero-order valence-corrected chi connectivity index (χ0v) is 18.2. The summed E-state index contributed by atoms with van der Waals surface area (Å²) in [5.74, 6) is 1.02. The summed E-state index contributed by atoms with van der Waals surface area (Å²) in [7, 11) is 1.73. The van der Waals surface area contributed by atoms with Crippen molar-refractivity contribution in [2.75, 3.05) is 31.1 Å². The summed E-state index contributed by atoms with van der Waals surface area (Å²) < 4.78 is 21.5. The first-order valence-electron chi connectivity index (χ1n) is 10.8. The number of pyridine rings is 2. The number of nitrogens with zero attached hydrogens (tertiary/aromatic N) is 4. The predicted molar refractivity (Wildman–Crippen MR) is 121 cm³/mol. The first kappa shape index (κ1) is 20.5. The molecular weight excluding hydrogens is 411 g/mol. The molecule has 5 rings (SSSR count). The number of hydrogen-bond donors (Lipinski definition) is 0. The smallest absolute Gasteiger partial charge is 0.258 e. The molecule has 0 atom stereocenters. The van der Waals surface area contributed by atoms with Gasteiger partial charge >= 0.3 is 0 Å². The highest BCUT2D eigenvalue weighted by molar-refractivity contribution is 5.95. The molecule has 8 heteroatoms. The van der Waals surface area contributed by atoms with E-state index in [0.29, 0.717) is 61.6 Å². The fourth-order valence-corrected chi connectivity index (χ4v) is 4.33. The Hall–Kier alpha value is -3.42. The third-order valence-corrected chi connectivity index (χ3v) is 6.38. The molecule has 3 aromatic rings. The van der Waals surface area contributed by atoms with E-state index >= 15 is 0 Å². The monoisotopic (exact) mass is 436 g/mol. The Morgan fingerprint density at radius 3 is 2.72 bits per heavy atom. The van der Waals surface area contributed by atoms with Crippen LogP contribution in [-0.4, -0.2) is 52.3 Å². The highest BCUT2D eigenvalue weighted by atomic mass is 19.1. The van der Waals surface area contributed by atoms with Crippen LogP contribution in [-0.2, 0) is 7.05 Å². The van der Waals surface area contributed by atoms with Crippen LogP contribution in [0.25, 0.3) is 10.8 Å². The van der Waals surface area contributed by atoms with Crippen molar-refractivity contribution in [3.05, 3.63) is 58.6 Å². The molecule has 2 aliphatic rings. The van der Waals surface area contributed by atoms with Gasteiger partial charge in [-0.3, -0.25) is 9.59 Å². The molecule has 2 aliphatic heterocycles. The molecule has 1 aromatic carbocycles. The van der Waals surface area contributed by atoms with Crippen LogP contribution in [0.5, 0.6) is 5.75 Å². The van der Waals surface area contributed by atoms with Gasteiger partial charge in [0.1, 0.15) is 12.3 Å². The lowest BCUT2D eigenvalue weighted by molar-refractivity contribution is 0.0503. The second-order valence-electron chi connectivity index (χ2n) is 8.75. The molecule has 0 aliphatic carbocycles. The summed E-state index contributed by atoms with van der Waals surface area (Å²) in [6.45, 7) is 3.43. The minimum Gasteiger partial charge on any atom is -0.488 e. The van der Waals surface area contributed by atoms with Gasteiger partial charge in [-0.05, 0) is 55.5 Å². The quantitative estimate of drug-likeness (QED) is 0.616. The Morgan fingerprint density at radius 2 is 1.94 bits per heavy atom. The van der Waals surface area contributed by atoms with E-state index in [1.54, 1.807) is 41.9 Å². The number of likely N-dealkylation sites (tertiary alicyclic amines) is 1. The van der Waals surface area contributed by atoms with Crippen LogP contribution in [0, 0.1) is 0 Å². The average molecular weight is 436 g/mol. The minimum atomic E-state index is -1.21. The Kier molecular flexibility index (Phi) is 4.87. The first-order valence-corrected chi connectivity index (χ1v) is 10.8. The van der Waals surface area contributed by atoms with Crippen LogP contribution in [0.1, 0.15) is 30.1 Å². The molecule has 4 heterocycles. The molecule has 1 fully saturated rings. The van der Waals surface area contributed by atoms with E-state index in [4.69, 9.17) is 4.74 Å². The molecule has 1 saturated heterocycles. The van der Waals surface area contributed by atoms with Crippen molar-refractivity contribution < 1.29 is 13.9 Å². The molecule has 0 unspecified atom stereocenters. The zero-order chi connectivity index (χ0) is 22.5. The Bertz CT molecular complexity index is 1260. The number of fused-ring (bicyclic) bond motifs is 2. The minimum absolute atomic E-state index is 0.0384. The molecule has 7 nitrogen and oxygen atoms in total. The molecule has 0 bridgehead atoms. The van der Waals surface area contributed by atoms with Crippen molar-refractivity contribution in [1.29, 1.82) is 0 Å². The predicted octanol–water partition coefficient (Wildman–Crippen LogP) is 3.43. The number of aromatic nitrogens is 2. The number of piperidine rings is 1. The van der Waals surface area contributed by atoms with Gasteiger partial charge in [0.15, 0.2) is 11.6 Å². The first-order chi connectivity index (χ1) is 15.3. The second-order valence-corrected chi connectivity index (χ2v) is 8.75. The number of rotatable bonds is 2. The van der Waals surface area contributed by atoms with Crippen molar-refractivity contribution in [1.82, 2.24) is 14.5 Å². The number of halogens is 1. The molecule has 0 radical (unpaired) electrons. The highest BCUT2D eigenvalue weighted by Crippen LogP contribution is 2.36. The lowest BCUT2D eigenvalue weighted by Gasteiger charge is -2.34. The number of alkyl halides is 1. The number of carbonyl (C=O) groups excluding carboxylic acids is 1. The Morgan fingerprint density at radius 1 is 1.16 bits per heavy atom. The van der Waals surface area contributed by atoms with Crippen molar-refractivity contribution >= 4 is 28.2 Å². The number of benzene rings is 1. The van der Waals surface area contributed by atoms with E-state index in [2.05, 4.69) is 4.98 Å². The third-order valence-electron chi connectivity index (χ3n) is 6.38. The summed E-state index contributed by atoms with van der Waals surface area (Å²) in [4.78, 5) is 33.5. The van der Waals surface area contributed by atoms with Gasteiger partial charge in [-0.15, -0.1) is 0 Å². The van der Waals surface area contributed by atoms with Gasteiger partial charge in [-0.25, -0.2) is 9.37 Å². The molecule has 2 aromatic heterocycles. The van der Waals surface area contributed by atoms with E-state index in [0.717, 1.165) is 11.1 Å².